The van der Waals surface area contributed by atoms with Crippen LogP contribution in [0.1, 0.15) is 31.4 Å². The van der Waals surface area contributed by atoms with Crippen LogP contribution in [0.4, 0.5) is 18.9 Å². The lowest BCUT2D eigenvalue weighted by Gasteiger charge is -2.36. The highest BCUT2D eigenvalue weighted by molar-refractivity contribution is 5.61. The van der Waals surface area contributed by atoms with Gasteiger partial charge in [0.1, 0.15) is 5.75 Å². The van der Waals surface area contributed by atoms with Gasteiger partial charge in [0.15, 0.2) is 0 Å². The molecule has 2 rings (SSSR count). The third kappa shape index (κ3) is 3.43. The molecule has 1 fully saturated rings. The second kappa shape index (κ2) is 6.13. The first-order valence-corrected chi connectivity index (χ1v) is 7.08. The fourth-order valence-corrected chi connectivity index (χ4v) is 2.89. The Labute approximate surface area is 122 Å². The van der Waals surface area contributed by atoms with E-state index in [9.17, 15) is 13.2 Å². The van der Waals surface area contributed by atoms with E-state index in [1.807, 2.05) is 30.0 Å². The Balaban J connectivity index is 2.21. The lowest BCUT2D eigenvalue weighted by atomic mass is 9.94. The zero-order valence-electron chi connectivity index (χ0n) is 12.3. The first-order chi connectivity index (χ1) is 9.84. The molecule has 0 aliphatic carbocycles. The Bertz CT molecular complexity index is 480. The molecule has 6 heteroatoms. The van der Waals surface area contributed by atoms with Crippen molar-refractivity contribution in [2.45, 2.75) is 32.0 Å². The maximum atomic E-state index is 12.7. The van der Waals surface area contributed by atoms with Crippen molar-refractivity contribution in [2.75, 3.05) is 25.1 Å². The molecular weight excluding hydrogens is 281 g/mol. The molecule has 1 unspecified atom stereocenters. The molecule has 1 aliphatic heterocycles. The van der Waals surface area contributed by atoms with Crippen LogP contribution in [0.3, 0.4) is 0 Å². The molecule has 1 aromatic rings. The lowest BCUT2D eigenvalue weighted by Crippen LogP contribution is -2.39. The maximum absolute atomic E-state index is 12.7. The van der Waals surface area contributed by atoms with Crippen LogP contribution >= 0.6 is 0 Å². The summed E-state index contributed by atoms with van der Waals surface area (Å²) in [5.74, 6) is -0.515. The van der Waals surface area contributed by atoms with Gasteiger partial charge in [0.05, 0.1) is 13.0 Å². The van der Waals surface area contributed by atoms with Gasteiger partial charge in [-0.05, 0) is 31.9 Å². The summed E-state index contributed by atoms with van der Waals surface area (Å²) in [7, 11) is 1.57. The average molecular weight is 302 g/mol. The van der Waals surface area contributed by atoms with Crippen LogP contribution in [0.25, 0.3) is 0 Å². The Morgan fingerprint density at radius 1 is 1.29 bits per heavy atom. The van der Waals surface area contributed by atoms with Gasteiger partial charge >= 0.3 is 6.18 Å². The number of methoxy groups -OCH3 is 1. The second-order valence-corrected chi connectivity index (χ2v) is 5.48. The Morgan fingerprint density at radius 2 is 1.90 bits per heavy atom. The smallest absolute Gasteiger partial charge is 0.391 e. The number of ether oxygens (including phenoxy) is 1. The standard InChI is InChI=1S/C15H21F3N2O/c1-10(19)14-12(4-3-5-13(14)21-2)20-8-6-11(7-9-20)15(16,17)18/h3-5,10-11H,6-9,19H2,1-2H3. The number of benzene rings is 1. The van der Waals surface area contributed by atoms with E-state index >= 15 is 0 Å². The summed E-state index contributed by atoms with van der Waals surface area (Å²) in [5.41, 5.74) is 7.74. The molecule has 1 heterocycles. The number of hydrogen-bond donors (Lipinski definition) is 1. The summed E-state index contributed by atoms with van der Waals surface area (Å²) in [6.07, 6.45) is -3.84. The van der Waals surface area contributed by atoms with Gasteiger partial charge in [-0.25, -0.2) is 0 Å². The SMILES string of the molecule is COc1cccc(N2CCC(C(F)(F)F)CC2)c1C(C)N. The van der Waals surface area contributed by atoms with Gasteiger partial charge in [0.2, 0.25) is 0 Å². The van der Waals surface area contributed by atoms with Crippen LogP contribution in [0, 0.1) is 5.92 Å². The Kier molecular flexibility index (Phi) is 4.66. The van der Waals surface area contributed by atoms with Crippen LogP contribution in [-0.2, 0) is 0 Å². The fraction of sp³-hybridized carbons (Fsp3) is 0.600. The van der Waals surface area contributed by atoms with Crippen molar-refractivity contribution >= 4 is 5.69 Å². The zero-order chi connectivity index (χ0) is 15.6. The number of anilines is 1. The van der Waals surface area contributed by atoms with Gasteiger partial charge in [-0.2, -0.15) is 13.2 Å². The van der Waals surface area contributed by atoms with Gasteiger partial charge in [0, 0.05) is 30.4 Å². The van der Waals surface area contributed by atoms with Crippen molar-refractivity contribution in [1.82, 2.24) is 0 Å². The summed E-state index contributed by atoms with van der Waals surface area (Å²) < 4.78 is 43.5. The maximum Gasteiger partial charge on any atom is 0.391 e. The minimum atomic E-state index is -4.09. The van der Waals surface area contributed by atoms with Crippen LogP contribution < -0.4 is 15.4 Å². The molecule has 3 nitrogen and oxygen atoms in total. The van der Waals surface area contributed by atoms with Crippen molar-refractivity contribution in [2.24, 2.45) is 11.7 Å². The summed E-state index contributed by atoms with van der Waals surface area (Å²) in [6.45, 7) is 2.62. The molecule has 1 saturated heterocycles. The molecule has 1 atom stereocenters. The third-order valence-electron chi connectivity index (χ3n) is 4.02. The summed E-state index contributed by atoms with van der Waals surface area (Å²) in [5, 5.41) is 0. The van der Waals surface area contributed by atoms with E-state index in [1.165, 1.54) is 0 Å². The summed E-state index contributed by atoms with van der Waals surface area (Å²) in [6, 6.07) is 5.33. The number of nitrogens with zero attached hydrogens (tertiary/aromatic N) is 1. The fourth-order valence-electron chi connectivity index (χ4n) is 2.89. The zero-order valence-corrected chi connectivity index (χ0v) is 12.3. The van der Waals surface area contributed by atoms with Crippen molar-refractivity contribution in [3.05, 3.63) is 23.8 Å². The van der Waals surface area contributed by atoms with E-state index in [2.05, 4.69) is 0 Å². The highest BCUT2D eigenvalue weighted by Crippen LogP contribution is 2.39. The Morgan fingerprint density at radius 3 is 2.38 bits per heavy atom. The third-order valence-corrected chi connectivity index (χ3v) is 4.02. The molecular formula is C15H21F3N2O. The van der Waals surface area contributed by atoms with E-state index in [-0.39, 0.29) is 18.9 Å². The summed E-state index contributed by atoms with van der Waals surface area (Å²) in [4.78, 5) is 1.98. The molecule has 0 amide bonds. The van der Waals surface area contributed by atoms with Crippen LogP contribution in [0.5, 0.6) is 5.75 Å². The number of rotatable bonds is 3. The normalized spacial score (nSPS) is 18.7. The minimum Gasteiger partial charge on any atom is -0.496 e. The van der Waals surface area contributed by atoms with E-state index in [1.54, 1.807) is 7.11 Å². The predicted molar refractivity (Wildman–Crippen MR) is 76.6 cm³/mol. The number of hydrogen-bond acceptors (Lipinski definition) is 3. The number of nitrogens with two attached hydrogens (primary N) is 1. The van der Waals surface area contributed by atoms with E-state index in [4.69, 9.17) is 10.5 Å². The second-order valence-electron chi connectivity index (χ2n) is 5.48. The van der Waals surface area contributed by atoms with Gasteiger partial charge < -0.3 is 15.4 Å². The van der Waals surface area contributed by atoms with Crippen LogP contribution in [-0.4, -0.2) is 26.4 Å². The van der Waals surface area contributed by atoms with Crippen molar-refractivity contribution in [3.63, 3.8) is 0 Å². The molecule has 2 N–H and O–H groups in total. The molecule has 21 heavy (non-hydrogen) atoms. The van der Waals surface area contributed by atoms with Crippen molar-refractivity contribution < 1.29 is 17.9 Å². The molecule has 0 saturated carbocycles. The number of alkyl halides is 3. The van der Waals surface area contributed by atoms with E-state index in [0.717, 1.165) is 11.3 Å². The van der Waals surface area contributed by atoms with Crippen molar-refractivity contribution in [3.8, 4) is 5.75 Å². The number of halogens is 3. The van der Waals surface area contributed by atoms with E-state index < -0.39 is 12.1 Å². The van der Waals surface area contributed by atoms with Gasteiger partial charge in [-0.3, -0.25) is 0 Å². The molecule has 0 bridgehead atoms. The first-order valence-electron chi connectivity index (χ1n) is 7.08. The molecule has 1 aliphatic rings. The molecule has 0 radical (unpaired) electrons. The topological polar surface area (TPSA) is 38.5 Å². The van der Waals surface area contributed by atoms with Gasteiger partial charge in [-0.1, -0.05) is 6.07 Å². The predicted octanol–water partition coefficient (Wildman–Crippen LogP) is 3.49. The molecule has 1 aromatic carbocycles. The lowest BCUT2D eigenvalue weighted by molar-refractivity contribution is -0.179. The largest absolute Gasteiger partial charge is 0.496 e. The molecule has 118 valence electrons. The van der Waals surface area contributed by atoms with Crippen molar-refractivity contribution in [1.29, 1.82) is 0 Å². The highest BCUT2D eigenvalue weighted by Gasteiger charge is 2.41. The van der Waals surface area contributed by atoms with Crippen LogP contribution in [0.15, 0.2) is 18.2 Å². The Hall–Kier alpha value is -1.43. The van der Waals surface area contributed by atoms with Gasteiger partial charge in [-0.15, -0.1) is 0 Å². The summed E-state index contributed by atoms with van der Waals surface area (Å²) >= 11 is 0. The molecule has 0 aromatic heterocycles. The average Bonchev–Trinajstić information content (AvgIpc) is 2.45. The van der Waals surface area contributed by atoms with E-state index in [0.29, 0.717) is 18.8 Å². The molecule has 0 spiro atoms. The minimum absolute atomic E-state index is 0.124. The van der Waals surface area contributed by atoms with Gasteiger partial charge in [0.25, 0.3) is 0 Å². The highest BCUT2D eigenvalue weighted by atomic mass is 19.4. The number of piperidine rings is 1. The first kappa shape index (κ1) is 15.9. The monoisotopic (exact) mass is 302 g/mol. The van der Waals surface area contributed by atoms with Crippen LogP contribution in [0.2, 0.25) is 0 Å². The quantitative estimate of drug-likeness (QED) is 0.929.